The maximum atomic E-state index is 12.1. The molecule has 1 heterocycles. The molecule has 31 heavy (non-hydrogen) atoms. The standard InChI is InChI=1S/C23H31NO6S/c1-17-5-4-6-21(11-17)30-15-20(25)14-24(19-9-10-31(26,27)16-19)13-18-7-8-22(28-2)23(12-18)29-3/h4-8,11-12,19-20,25H,9-10,13-16H2,1-3H3. The first-order valence-electron chi connectivity index (χ1n) is 10.3. The van der Waals surface area contributed by atoms with Crippen LogP contribution in [0.5, 0.6) is 17.2 Å². The highest BCUT2D eigenvalue weighted by atomic mass is 32.2. The van der Waals surface area contributed by atoms with Crippen molar-refractivity contribution in [2.24, 2.45) is 0 Å². The van der Waals surface area contributed by atoms with Crippen molar-refractivity contribution in [2.75, 3.05) is 38.9 Å². The fourth-order valence-electron chi connectivity index (χ4n) is 3.84. The Morgan fingerprint density at radius 1 is 1.13 bits per heavy atom. The van der Waals surface area contributed by atoms with E-state index < -0.39 is 15.9 Å². The molecule has 1 N–H and O–H groups in total. The van der Waals surface area contributed by atoms with E-state index in [1.807, 2.05) is 54.3 Å². The number of rotatable bonds is 10. The molecule has 8 heteroatoms. The molecule has 7 nitrogen and oxygen atoms in total. The van der Waals surface area contributed by atoms with Crippen LogP contribution in [0.15, 0.2) is 42.5 Å². The molecule has 0 spiro atoms. The van der Waals surface area contributed by atoms with Crippen molar-refractivity contribution >= 4 is 9.84 Å². The van der Waals surface area contributed by atoms with Crippen LogP contribution in [-0.4, -0.2) is 69.4 Å². The SMILES string of the molecule is COc1ccc(CN(CC(O)COc2cccc(C)c2)C2CCS(=O)(=O)C2)cc1OC. The van der Waals surface area contributed by atoms with E-state index in [2.05, 4.69) is 0 Å². The zero-order valence-corrected chi connectivity index (χ0v) is 19.1. The van der Waals surface area contributed by atoms with Gasteiger partial charge >= 0.3 is 0 Å². The average molecular weight is 450 g/mol. The Morgan fingerprint density at radius 3 is 2.55 bits per heavy atom. The number of aliphatic hydroxyl groups is 1. The van der Waals surface area contributed by atoms with Crippen molar-refractivity contribution in [3.63, 3.8) is 0 Å². The minimum Gasteiger partial charge on any atom is -0.493 e. The molecule has 1 saturated heterocycles. The lowest BCUT2D eigenvalue weighted by Gasteiger charge is -2.30. The minimum atomic E-state index is -3.05. The smallest absolute Gasteiger partial charge is 0.161 e. The number of nitrogens with zero attached hydrogens (tertiary/aromatic N) is 1. The number of methoxy groups -OCH3 is 2. The summed E-state index contributed by atoms with van der Waals surface area (Å²) in [5.41, 5.74) is 2.03. The first kappa shape index (κ1) is 23.4. The zero-order chi connectivity index (χ0) is 22.4. The van der Waals surface area contributed by atoms with Gasteiger partial charge in [-0.05, 0) is 48.7 Å². The summed E-state index contributed by atoms with van der Waals surface area (Å²) in [4.78, 5) is 2.02. The summed E-state index contributed by atoms with van der Waals surface area (Å²) in [6, 6.07) is 13.1. The van der Waals surface area contributed by atoms with Gasteiger partial charge in [0.05, 0.1) is 25.7 Å². The van der Waals surface area contributed by atoms with Crippen LogP contribution in [0, 0.1) is 6.92 Å². The quantitative estimate of drug-likeness (QED) is 0.596. The molecule has 0 bridgehead atoms. The van der Waals surface area contributed by atoms with Gasteiger partial charge in [0.2, 0.25) is 0 Å². The van der Waals surface area contributed by atoms with Gasteiger partial charge in [-0.25, -0.2) is 8.42 Å². The molecule has 0 radical (unpaired) electrons. The summed E-state index contributed by atoms with van der Waals surface area (Å²) in [5, 5.41) is 10.6. The largest absolute Gasteiger partial charge is 0.493 e. The Balaban J connectivity index is 1.70. The number of sulfone groups is 1. The van der Waals surface area contributed by atoms with Gasteiger partial charge in [0, 0.05) is 19.1 Å². The molecule has 2 aromatic rings. The first-order chi connectivity index (χ1) is 14.8. The summed E-state index contributed by atoms with van der Waals surface area (Å²) in [5.74, 6) is 2.23. The Bertz CT molecular complexity index is 978. The third kappa shape index (κ3) is 6.59. The van der Waals surface area contributed by atoms with E-state index in [1.165, 1.54) is 0 Å². The minimum absolute atomic E-state index is 0.103. The number of hydrogen-bond donors (Lipinski definition) is 1. The molecule has 1 aliphatic heterocycles. The molecule has 170 valence electrons. The van der Waals surface area contributed by atoms with Gasteiger partial charge in [-0.15, -0.1) is 0 Å². The summed E-state index contributed by atoms with van der Waals surface area (Å²) in [6.45, 7) is 2.91. The van der Waals surface area contributed by atoms with Crippen LogP contribution in [0.3, 0.4) is 0 Å². The Labute approximate surface area is 184 Å². The Hall–Kier alpha value is -2.29. The van der Waals surface area contributed by atoms with E-state index in [1.54, 1.807) is 14.2 Å². The summed E-state index contributed by atoms with van der Waals surface area (Å²) < 4.78 is 40.5. The predicted molar refractivity (Wildman–Crippen MR) is 120 cm³/mol. The van der Waals surface area contributed by atoms with Crippen LogP contribution in [0.1, 0.15) is 17.5 Å². The topological polar surface area (TPSA) is 85.3 Å². The maximum absolute atomic E-state index is 12.1. The van der Waals surface area contributed by atoms with Crippen molar-refractivity contribution in [2.45, 2.75) is 32.0 Å². The highest BCUT2D eigenvalue weighted by molar-refractivity contribution is 7.91. The monoisotopic (exact) mass is 449 g/mol. The number of hydrogen-bond acceptors (Lipinski definition) is 7. The van der Waals surface area contributed by atoms with Gasteiger partial charge < -0.3 is 19.3 Å². The van der Waals surface area contributed by atoms with Gasteiger partial charge in [-0.2, -0.15) is 0 Å². The van der Waals surface area contributed by atoms with E-state index >= 15 is 0 Å². The summed E-state index contributed by atoms with van der Waals surface area (Å²) in [6.07, 6.45) is -0.204. The van der Waals surface area contributed by atoms with Crippen molar-refractivity contribution in [1.82, 2.24) is 4.90 Å². The van der Waals surface area contributed by atoms with Crippen LogP contribution in [0.2, 0.25) is 0 Å². The van der Waals surface area contributed by atoms with Crippen molar-refractivity contribution < 1.29 is 27.7 Å². The van der Waals surface area contributed by atoms with Crippen LogP contribution >= 0.6 is 0 Å². The molecule has 1 aliphatic rings. The van der Waals surface area contributed by atoms with E-state index in [4.69, 9.17) is 14.2 Å². The molecule has 1 fully saturated rings. The van der Waals surface area contributed by atoms with Gasteiger partial charge in [0.15, 0.2) is 21.3 Å². The molecular formula is C23H31NO6S. The Morgan fingerprint density at radius 2 is 1.90 bits per heavy atom. The molecule has 2 atom stereocenters. The first-order valence-corrected chi connectivity index (χ1v) is 12.1. The highest BCUT2D eigenvalue weighted by Crippen LogP contribution is 2.29. The fourth-order valence-corrected chi connectivity index (χ4v) is 5.60. The number of aliphatic hydroxyl groups excluding tert-OH is 1. The lowest BCUT2D eigenvalue weighted by Crippen LogP contribution is -2.42. The van der Waals surface area contributed by atoms with Crippen LogP contribution < -0.4 is 14.2 Å². The second-order valence-corrected chi connectivity index (χ2v) is 10.2. The molecule has 0 amide bonds. The van der Waals surface area contributed by atoms with Crippen molar-refractivity contribution in [3.05, 3.63) is 53.6 Å². The van der Waals surface area contributed by atoms with E-state index in [9.17, 15) is 13.5 Å². The van der Waals surface area contributed by atoms with Crippen LogP contribution in [-0.2, 0) is 16.4 Å². The average Bonchev–Trinajstić information content (AvgIpc) is 3.11. The molecule has 2 aromatic carbocycles. The predicted octanol–water partition coefficient (Wildman–Crippen LogP) is 2.44. The van der Waals surface area contributed by atoms with Gasteiger partial charge in [0.1, 0.15) is 18.5 Å². The van der Waals surface area contributed by atoms with E-state index in [0.717, 1.165) is 11.1 Å². The molecule has 3 rings (SSSR count). The normalized spacial score (nSPS) is 18.7. The van der Waals surface area contributed by atoms with Crippen LogP contribution in [0.4, 0.5) is 0 Å². The summed E-state index contributed by atoms with van der Waals surface area (Å²) in [7, 11) is 0.109. The van der Waals surface area contributed by atoms with Gasteiger partial charge in [-0.1, -0.05) is 18.2 Å². The third-order valence-corrected chi connectivity index (χ3v) is 7.19. The lowest BCUT2D eigenvalue weighted by atomic mass is 10.1. The molecule has 0 saturated carbocycles. The Kier molecular flexibility index (Phi) is 7.80. The van der Waals surface area contributed by atoms with Crippen molar-refractivity contribution in [3.8, 4) is 17.2 Å². The zero-order valence-electron chi connectivity index (χ0n) is 18.3. The molecule has 0 aliphatic carbocycles. The fraction of sp³-hybridized carbons (Fsp3) is 0.478. The number of aryl methyl sites for hydroxylation is 1. The van der Waals surface area contributed by atoms with Crippen LogP contribution in [0.25, 0.3) is 0 Å². The number of ether oxygens (including phenoxy) is 3. The van der Waals surface area contributed by atoms with Gasteiger partial charge in [-0.3, -0.25) is 4.90 Å². The van der Waals surface area contributed by atoms with Gasteiger partial charge in [0.25, 0.3) is 0 Å². The summed E-state index contributed by atoms with van der Waals surface area (Å²) >= 11 is 0. The second kappa shape index (κ2) is 10.3. The number of benzene rings is 2. The van der Waals surface area contributed by atoms with Crippen molar-refractivity contribution in [1.29, 1.82) is 0 Å². The lowest BCUT2D eigenvalue weighted by molar-refractivity contribution is 0.0524. The van der Waals surface area contributed by atoms with E-state index in [0.29, 0.717) is 36.8 Å². The van der Waals surface area contributed by atoms with E-state index in [-0.39, 0.29) is 24.2 Å². The highest BCUT2D eigenvalue weighted by Gasteiger charge is 2.33. The molecular weight excluding hydrogens is 418 g/mol. The molecule has 0 aromatic heterocycles. The molecule has 2 unspecified atom stereocenters. The second-order valence-electron chi connectivity index (χ2n) is 7.96. The maximum Gasteiger partial charge on any atom is 0.161 e. The third-order valence-electron chi connectivity index (χ3n) is 5.44.